The molecule has 1 aliphatic carbocycles. The monoisotopic (exact) mass is 201 g/mol. The van der Waals surface area contributed by atoms with Crippen molar-refractivity contribution in [2.45, 2.75) is 12.1 Å². The van der Waals surface area contributed by atoms with E-state index in [0.717, 1.165) is 5.56 Å². The standard InChI is InChI=1S/C13H15NO/c14-12(10-6-4-5-7-10)13(15)11-8-2-1-3-9-11/h1-10,12-13,15H,14H2/t12-,13-/m0/s1. The topological polar surface area (TPSA) is 46.2 Å². The average Bonchev–Trinajstić information content (AvgIpc) is 2.82. The van der Waals surface area contributed by atoms with Gasteiger partial charge in [0.2, 0.25) is 0 Å². The Morgan fingerprint density at radius 1 is 1.07 bits per heavy atom. The molecule has 1 aromatic rings. The summed E-state index contributed by atoms with van der Waals surface area (Å²) < 4.78 is 0. The van der Waals surface area contributed by atoms with Crippen molar-refractivity contribution < 1.29 is 5.11 Å². The van der Waals surface area contributed by atoms with Gasteiger partial charge in [-0.25, -0.2) is 0 Å². The van der Waals surface area contributed by atoms with Gasteiger partial charge in [-0.1, -0.05) is 54.6 Å². The first-order valence-electron chi connectivity index (χ1n) is 5.12. The van der Waals surface area contributed by atoms with Crippen LogP contribution in [0.25, 0.3) is 0 Å². The normalized spacial score (nSPS) is 19.3. The summed E-state index contributed by atoms with van der Waals surface area (Å²) in [5, 5.41) is 10.1. The summed E-state index contributed by atoms with van der Waals surface area (Å²) >= 11 is 0. The SMILES string of the molecule is N[C@@H](C1C=CC=C1)[C@@H](O)c1ccccc1. The molecular weight excluding hydrogens is 186 g/mol. The summed E-state index contributed by atoms with van der Waals surface area (Å²) in [6.07, 6.45) is 7.33. The first-order valence-corrected chi connectivity index (χ1v) is 5.12. The molecule has 0 saturated heterocycles. The lowest BCUT2D eigenvalue weighted by molar-refractivity contribution is 0.136. The van der Waals surface area contributed by atoms with Crippen LogP contribution in [-0.4, -0.2) is 11.1 Å². The van der Waals surface area contributed by atoms with Crippen molar-refractivity contribution in [3.63, 3.8) is 0 Å². The molecule has 0 amide bonds. The number of allylic oxidation sites excluding steroid dienone is 2. The highest BCUT2D eigenvalue weighted by molar-refractivity contribution is 5.24. The highest BCUT2D eigenvalue weighted by Gasteiger charge is 2.23. The van der Waals surface area contributed by atoms with E-state index in [4.69, 9.17) is 5.73 Å². The molecule has 2 nitrogen and oxygen atoms in total. The molecular formula is C13H15NO. The van der Waals surface area contributed by atoms with Crippen molar-refractivity contribution in [2.24, 2.45) is 11.7 Å². The van der Waals surface area contributed by atoms with Gasteiger partial charge in [-0.15, -0.1) is 0 Å². The van der Waals surface area contributed by atoms with Crippen LogP contribution in [-0.2, 0) is 0 Å². The molecule has 0 radical (unpaired) electrons. The molecule has 2 atom stereocenters. The molecule has 3 N–H and O–H groups in total. The minimum atomic E-state index is -0.608. The number of aliphatic hydroxyl groups is 1. The zero-order valence-electron chi connectivity index (χ0n) is 8.45. The number of hydrogen-bond donors (Lipinski definition) is 2. The second-order valence-corrected chi connectivity index (χ2v) is 3.78. The molecule has 1 aliphatic rings. The van der Waals surface area contributed by atoms with E-state index in [2.05, 4.69) is 0 Å². The van der Waals surface area contributed by atoms with Gasteiger partial charge in [-0.05, 0) is 5.56 Å². The van der Waals surface area contributed by atoms with Crippen LogP contribution in [0.3, 0.4) is 0 Å². The Morgan fingerprint density at radius 3 is 2.27 bits per heavy atom. The Hall–Kier alpha value is -1.38. The van der Waals surface area contributed by atoms with Crippen LogP contribution in [0.15, 0.2) is 54.6 Å². The van der Waals surface area contributed by atoms with Crippen molar-refractivity contribution >= 4 is 0 Å². The second kappa shape index (κ2) is 4.43. The minimum absolute atomic E-state index is 0.139. The van der Waals surface area contributed by atoms with Gasteiger partial charge in [-0.2, -0.15) is 0 Å². The molecule has 0 unspecified atom stereocenters. The number of aliphatic hydroxyl groups excluding tert-OH is 1. The summed E-state index contributed by atoms with van der Waals surface area (Å²) in [5.74, 6) is 0.139. The molecule has 2 heteroatoms. The predicted molar refractivity (Wildman–Crippen MR) is 61.1 cm³/mol. The molecule has 0 spiro atoms. The Labute approximate surface area is 89.7 Å². The molecule has 15 heavy (non-hydrogen) atoms. The van der Waals surface area contributed by atoms with E-state index in [-0.39, 0.29) is 12.0 Å². The summed E-state index contributed by atoms with van der Waals surface area (Å²) in [4.78, 5) is 0. The van der Waals surface area contributed by atoms with E-state index >= 15 is 0 Å². The maximum absolute atomic E-state index is 10.1. The number of benzene rings is 1. The fraction of sp³-hybridized carbons (Fsp3) is 0.231. The van der Waals surface area contributed by atoms with Crippen molar-refractivity contribution in [1.82, 2.24) is 0 Å². The fourth-order valence-electron chi connectivity index (χ4n) is 1.79. The third kappa shape index (κ3) is 2.17. The van der Waals surface area contributed by atoms with Crippen molar-refractivity contribution in [2.75, 3.05) is 0 Å². The van der Waals surface area contributed by atoms with E-state index in [1.807, 2.05) is 54.6 Å². The Morgan fingerprint density at radius 2 is 1.67 bits per heavy atom. The Kier molecular flexibility index (Phi) is 2.99. The quantitative estimate of drug-likeness (QED) is 0.783. The maximum Gasteiger partial charge on any atom is 0.0949 e. The third-order valence-corrected chi connectivity index (χ3v) is 2.73. The van der Waals surface area contributed by atoms with Gasteiger partial charge in [-0.3, -0.25) is 0 Å². The second-order valence-electron chi connectivity index (χ2n) is 3.78. The lowest BCUT2D eigenvalue weighted by Gasteiger charge is -2.22. The van der Waals surface area contributed by atoms with Gasteiger partial charge in [0.05, 0.1) is 6.10 Å². The van der Waals surface area contributed by atoms with E-state index in [9.17, 15) is 5.11 Å². The Bertz CT molecular complexity index is 357. The average molecular weight is 201 g/mol. The van der Waals surface area contributed by atoms with Crippen molar-refractivity contribution in [3.8, 4) is 0 Å². The summed E-state index contributed by atoms with van der Waals surface area (Å²) in [5.41, 5.74) is 6.88. The van der Waals surface area contributed by atoms with Crippen LogP contribution in [0.2, 0.25) is 0 Å². The minimum Gasteiger partial charge on any atom is -0.387 e. The van der Waals surface area contributed by atoms with Crippen LogP contribution < -0.4 is 5.73 Å². The largest absolute Gasteiger partial charge is 0.387 e. The third-order valence-electron chi connectivity index (χ3n) is 2.73. The molecule has 2 rings (SSSR count). The maximum atomic E-state index is 10.1. The van der Waals surface area contributed by atoms with Crippen LogP contribution in [0, 0.1) is 5.92 Å². The van der Waals surface area contributed by atoms with Crippen molar-refractivity contribution in [3.05, 3.63) is 60.2 Å². The number of hydrogen-bond acceptors (Lipinski definition) is 2. The zero-order valence-corrected chi connectivity index (χ0v) is 8.45. The molecule has 0 aliphatic heterocycles. The number of nitrogens with two attached hydrogens (primary N) is 1. The van der Waals surface area contributed by atoms with Gasteiger partial charge in [0.25, 0.3) is 0 Å². The summed E-state index contributed by atoms with van der Waals surface area (Å²) in [6.45, 7) is 0. The van der Waals surface area contributed by atoms with Crippen LogP contribution in [0.1, 0.15) is 11.7 Å². The predicted octanol–water partition coefficient (Wildman–Crippen LogP) is 1.79. The number of rotatable bonds is 3. The first-order chi connectivity index (χ1) is 7.29. The molecule has 1 aromatic carbocycles. The van der Waals surface area contributed by atoms with E-state index in [1.165, 1.54) is 0 Å². The smallest absolute Gasteiger partial charge is 0.0949 e. The summed E-state index contributed by atoms with van der Waals surface area (Å²) in [7, 11) is 0. The lowest BCUT2D eigenvalue weighted by Crippen LogP contribution is -2.34. The van der Waals surface area contributed by atoms with Crippen molar-refractivity contribution in [1.29, 1.82) is 0 Å². The molecule has 78 valence electrons. The highest BCUT2D eigenvalue weighted by atomic mass is 16.3. The van der Waals surface area contributed by atoms with E-state index < -0.39 is 6.10 Å². The molecule has 0 aromatic heterocycles. The lowest BCUT2D eigenvalue weighted by atomic mass is 9.93. The van der Waals surface area contributed by atoms with Gasteiger partial charge in [0, 0.05) is 12.0 Å². The zero-order chi connectivity index (χ0) is 10.7. The first kappa shape index (κ1) is 10.1. The fourth-order valence-corrected chi connectivity index (χ4v) is 1.79. The molecule has 0 heterocycles. The van der Waals surface area contributed by atoms with Crippen LogP contribution in [0.5, 0.6) is 0 Å². The van der Waals surface area contributed by atoms with Crippen LogP contribution in [0.4, 0.5) is 0 Å². The van der Waals surface area contributed by atoms with Crippen LogP contribution >= 0.6 is 0 Å². The van der Waals surface area contributed by atoms with E-state index in [0.29, 0.717) is 0 Å². The van der Waals surface area contributed by atoms with E-state index in [1.54, 1.807) is 0 Å². The van der Waals surface area contributed by atoms with Gasteiger partial charge < -0.3 is 10.8 Å². The highest BCUT2D eigenvalue weighted by Crippen LogP contribution is 2.23. The molecule has 0 bridgehead atoms. The summed E-state index contributed by atoms with van der Waals surface area (Å²) in [6, 6.07) is 9.26. The van der Waals surface area contributed by atoms with Gasteiger partial charge in [0.15, 0.2) is 0 Å². The molecule has 0 fully saturated rings. The van der Waals surface area contributed by atoms with Gasteiger partial charge in [0.1, 0.15) is 0 Å². The van der Waals surface area contributed by atoms with Gasteiger partial charge >= 0.3 is 0 Å². The molecule has 0 saturated carbocycles. The Balaban J connectivity index is 2.11.